The standard InChI is InChI=1S/C6H9N4/c1-2-5(1)3-7-6-8-4-9-10-6/h4-5H,1-3H2,(H,7,10). The normalized spacial score (nSPS) is 22.2. The molecule has 0 atom stereocenters. The predicted octanol–water partition coefficient (Wildman–Crippen LogP) is -0.0967. The summed E-state index contributed by atoms with van der Waals surface area (Å²) in [5.41, 5.74) is 0. The van der Waals surface area contributed by atoms with E-state index in [2.05, 4.69) is 20.8 Å². The van der Waals surface area contributed by atoms with E-state index in [9.17, 15) is 0 Å². The molecule has 10 heavy (non-hydrogen) atoms. The number of guanidine groups is 1. The van der Waals surface area contributed by atoms with Crippen LogP contribution in [0.15, 0.2) is 10.2 Å². The highest BCUT2D eigenvalue weighted by molar-refractivity contribution is 5.92. The molecule has 53 valence electrons. The highest BCUT2D eigenvalue weighted by Crippen LogP contribution is 2.27. The molecular weight excluding hydrogens is 128 g/mol. The summed E-state index contributed by atoms with van der Waals surface area (Å²) in [6.45, 7) is 1.01. The number of rotatable bonds is 2. The quantitative estimate of drug-likeness (QED) is 0.567. The Balaban J connectivity index is 1.70. The van der Waals surface area contributed by atoms with Gasteiger partial charge in [0.1, 0.15) is 6.34 Å². The van der Waals surface area contributed by atoms with Gasteiger partial charge in [0.05, 0.1) is 0 Å². The summed E-state index contributed by atoms with van der Waals surface area (Å²) in [6.07, 6.45) is 4.15. The van der Waals surface area contributed by atoms with Crippen molar-refractivity contribution in [1.82, 2.24) is 10.6 Å². The van der Waals surface area contributed by atoms with E-state index in [4.69, 9.17) is 0 Å². The molecule has 0 amide bonds. The smallest absolute Gasteiger partial charge is 0.244 e. The van der Waals surface area contributed by atoms with E-state index in [0.29, 0.717) is 5.96 Å². The second-order valence-electron chi connectivity index (χ2n) is 2.61. The summed E-state index contributed by atoms with van der Waals surface area (Å²) >= 11 is 0. The van der Waals surface area contributed by atoms with Crippen LogP contribution < -0.4 is 10.6 Å². The van der Waals surface area contributed by atoms with Gasteiger partial charge in [-0.25, -0.2) is 0 Å². The van der Waals surface area contributed by atoms with Gasteiger partial charge in [-0.05, 0) is 18.8 Å². The van der Waals surface area contributed by atoms with E-state index in [1.807, 2.05) is 0 Å². The molecule has 2 rings (SSSR count). The molecule has 4 heteroatoms. The topological polar surface area (TPSA) is 50.9 Å². The first kappa shape index (κ1) is 5.70. The van der Waals surface area contributed by atoms with E-state index in [1.54, 1.807) is 0 Å². The summed E-state index contributed by atoms with van der Waals surface area (Å²) in [5.74, 6) is 1.52. The molecule has 1 heterocycles. The van der Waals surface area contributed by atoms with E-state index >= 15 is 0 Å². The molecule has 1 aliphatic carbocycles. The third-order valence-electron chi connectivity index (χ3n) is 1.63. The average molecular weight is 137 g/mol. The summed E-state index contributed by atoms with van der Waals surface area (Å²) in [4.78, 5) is 0. The van der Waals surface area contributed by atoms with Crippen molar-refractivity contribution in [3.8, 4) is 0 Å². The van der Waals surface area contributed by atoms with Gasteiger partial charge in [-0.2, -0.15) is 5.32 Å². The molecule has 0 aromatic carbocycles. The third kappa shape index (κ3) is 1.26. The lowest BCUT2D eigenvalue weighted by molar-refractivity contribution is 0.762. The fourth-order valence-corrected chi connectivity index (χ4v) is 0.825. The Morgan fingerprint density at radius 3 is 3.10 bits per heavy atom. The molecule has 1 fully saturated rings. The Morgan fingerprint density at radius 2 is 2.50 bits per heavy atom. The van der Waals surface area contributed by atoms with Gasteiger partial charge in [0.25, 0.3) is 0 Å². The molecule has 4 nitrogen and oxygen atoms in total. The van der Waals surface area contributed by atoms with E-state index in [0.717, 1.165) is 12.5 Å². The Labute approximate surface area is 59.4 Å². The second kappa shape index (κ2) is 2.28. The minimum atomic E-state index is 0.659. The highest BCUT2D eigenvalue weighted by Gasteiger charge is 2.21. The first-order valence-corrected chi connectivity index (χ1v) is 3.49. The van der Waals surface area contributed by atoms with Crippen molar-refractivity contribution in [3.63, 3.8) is 0 Å². The molecule has 0 unspecified atom stereocenters. The average Bonchev–Trinajstić information content (AvgIpc) is 2.63. The van der Waals surface area contributed by atoms with Crippen LogP contribution in [0.25, 0.3) is 0 Å². The van der Waals surface area contributed by atoms with Gasteiger partial charge in [0.15, 0.2) is 0 Å². The lowest BCUT2D eigenvalue weighted by atomic mass is 10.4. The molecule has 1 aliphatic heterocycles. The lowest BCUT2D eigenvalue weighted by Gasteiger charge is -1.99. The summed E-state index contributed by atoms with van der Waals surface area (Å²) in [7, 11) is 0. The van der Waals surface area contributed by atoms with E-state index in [1.165, 1.54) is 19.2 Å². The maximum atomic E-state index is 3.88. The monoisotopic (exact) mass is 137 g/mol. The largest absolute Gasteiger partial charge is 0.353 e. The number of nitrogens with zero attached hydrogens (tertiary/aromatic N) is 3. The Morgan fingerprint density at radius 1 is 1.60 bits per heavy atom. The molecule has 1 N–H and O–H groups in total. The zero-order valence-electron chi connectivity index (χ0n) is 5.62. The number of nitrogens with one attached hydrogen (secondary N) is 1. The Hall–Kier alpha value is -1.06. The third-order valence-corrected chi connectivity index (χ3v) is 1.63. The van der Waals surface area contributed by atoms with Crippen LogP contribution in [0.2, 0.25) is 0 Å². The van der Waals surface area contributed by atoms with Gasteiger partial charge in [-0.15, -0.1) is 10.2 Å². The van der Waals surface area contributed by atoms with Crippen molar-refractivity contribution in [2.24, 2.45) is 16.1 Å². The minimum Gasteiger partial charge on any atom is -0.353 e. The van der Waals surface area contributed by atoms with Gasteiger partial charge < -0.3 is 5.32 Å². The molecule has 0 aromatic rings. The Bertz CT molecular complexity index is 180. The van der Waals surface area contributed by atoms with Gasteiger partial charge in [0, 0.05) is 6.54 Å². The SMILES string of the molecule is C1=NN=C(NCC2CC2)[N]1. The lowest BCUT2D eigenvalue weighted by Crippen LogP contribution is -2.30. The zero-order valence-corrected chi connectivity index (χ0v) is 5.62. The molecule has 1 saturated carbocycles. The van der Waals surface area contributed by atoms with Crippen LogP contribution in [0.5, 0.6) is 0 Å². The fraction of sp³-hybridized carbons (Fsp3) is 0.667. The second-order valence-corrected chi connectivity index (χ2v) is 2.61. The summed E-state index contributed by atoms with van der Waals surface area (Å²) < 4.78 is 0. The van der Waals surface area contributed by atoms with Crippen LogP contribution in [-0.2, 0) is 0 Å². The molecule has 0 bridgehead atoms. The fourth-order valence-electron chi connectivity index (χ4n) is 0.825. The molecule has 0 aromatic heterocycles. The Kier molecular flexibility index (Phi) is 1.30. The summed E-state index contributed by atoms with van der Waals surface area (Å²) in [5, 5.41) is 14.3. The first-order chi connectivity index (χ1) is 4.95. The van der Waals surface area contributed by atoms with Crippen LogP contribution in [0.4, 0.5) is 0 Å². The molecule has 1 radical (unpaired) electrons. The number of hydrogen-bond acceptors (Lipinski definition) is 3. The summed E-state index contributed by atoms with van der Waals surface area (Å²) in [6, 6.07) is 0. The van der Waals surface area contributed by atoms with E-state index in [-0.39, 0.29) is 0 Å². The minimum absolute atomic E-state index is 0.659. The van der Waals surface area contributed by atoms with Crippen LogP contribution >= 0.6 is 0 Å². The highest BCUT2D eigenvalue weighted by atomic mass is 15.4. The van der Waals surface area contributed by atoms with Crippen molar-refractivity contribution in [3.05, 3.63) is 0 Å². The zero-order chi connectivity index (χ0) is 6.81. The maximum absolute atomic E-state index is 3.88. The van der Waals surface area contributed by atoms with E-state index < -0.39 is 0 Å². The van der Waals surface area contributed by atoms with Crippen LogP contribution in [-0.4, -0.2) is 18.8 Å². The predicted molar refractivity (Wildman–Crippen MR) is 38.8 cm³/mol. The van der Waals surface area contributed by atoms with Gasteiger partial charge in [-0.1, -0.05) is 0 Å². The van der Waals surface area contributed by atoms with Crippen molar-refractivity contribution in [2.45, 2.75) is 12.8 Å². The van der Waals surface area contributed by atoms with Gasteiger partial charge in [0.2, 0.25) is 5.96 Å². The van der Waals surface area contributed by atoms with Gasteiger partial charge in [-0.3, -0.25) is 0 Å². The van der Waals surface area contributed by atoms with Crippen LogP contribution in [0, 0.1) is 5.92 Å². The first-order valence-electron chi connectivity index (χ1n) is 3.49. The van der Waals surface area contributed by atoms with Crippen molar-refractivity contribution >= 4 is 12.3 Å². The maximum Gasteiger partial charge on any atom is 0.244 e. The number of hydrogen-bond donors (Lipinski definition) is 1. The molecule has 0 spiro atoms. The van der Waals surface area contributed by atoms with Crippen molar-refractivity contribution in [2.75, 3.05) is 6.54 Å². The van der Waals surface area contributed by atoms with Crippen molar-refractivity contribution < 1.29 is 0 Å². The molecule has 0 saturated heterocycles. The van der Waals surface area contributed by atoms with Crippen LogP contribution in [0.3, 0.4) is 0 Å². The molecular formula is C6H9N4. The van der Waals surface area contributed by atoms with Gasteiger partial charge >= 0.3 is 0 Å². The van der Waals surface area contributed by atoms with Crippen LogP contribution in [0.1, 0.15) is 12.8 Å². The van der Waals surface area contributed by atoms with Crippen molar-refractivity contribution in [1.29, 1.82) is 0 Å². The molecule has 2 aliphatic rings.